The minimum Gasteiger partial charge on any atom is -0.314 e. The number of thiophene rings is 1. The quantitative estimate of drug-likeness (QED) is 0.746. The van der Waals surface area contributed by atoms with E-state index in [1.165, 1.54) is 24.8 Å². The highest BCUT2D eigenvalue weighted by molar-refractivity contribution is 7.07. The molecule has 1 aromatic rings. The largest absolute Gasteiger partial charge is 0.314 e. The maximum absolute atomic E-state index is 3.55. The van der Waals surface area contributed by atoms with Gasteiger partial charge in [0.1, 0.15) is 0 Å². The Hall–Kier alpha value is -0.340. The standard InChI is InChI=1S/C13H23NS/c1-4-6-14-12(3)8-11(2)9-13-5-7-15-10-13/h5,7,10-12,14H,4,6,8-9H2,1-3H3. The highest BCUT2D eigenvalue weighted by Crippen LogP contribution is 2.15. The van der Waals surface area contributed by atoms with Gasteiger partial charge < -0.3 is 5.32 Å². The topological polar surface area (TPSA) is 12.0 Å². The predicted molar refractivity (Wildman–Crippen MR) is 69.6 cm³/mol. The molecule has 0 spiro atoms. The fourth-order valence-corrected chi connectivity index (χ4v) is 2.65. The molecule has 2 unspecified atom stereocenters. The van der Waals surface area contributed by atoms with Crippen LogP contribution in [0.1, 0.15) is 39.2 Å². The lowest BCUT2D eigenvalue weighted by Gasteiger charge is -2.17. The SMILES string of the molecule is CCCNC(C)CC(C)Cc1ccsc1. The Bertz CT molecular complexity index is 243. The Morgan fingerprint density at radius 2 is 2.20 bits per heavy atom. The van der Waals surface area contributed by atoms with Crippen LogP contribution in [0.25, 0.3) is 0 Å². The maximum atomic E-state index is 3.55. The zero-order chi connectivity index (χ0) is 11.1. The second-order valence-electron chi connectivity index (χ2n) is 4.53. The van der Waals surface area contributed by atoms with E-state index in [1.807, 2.05) is 0 Å². The molecule has 0 aliphatic carbocycles. The minimum atomic E-state index is 0.651. The first kappa shape index (κ1) is 12.7. The third kappa shape index (κ3) is 5.33. The van der Waals surface area contributed by atoms with Gasteiger partial charge in [-0.25, -0.2) is 0 Å². The third-order valence-corrected chi connectivity index (χ3v) is 3.40. The Labute approximate surface area is 97.9 Å². The lowest BCUT2D eigenvalue weighted by molar-refractivity contribution is 0.420. The second kappa shape index (κ2) is 7.02. The van der Waals surface area contributed by atoms with E-state index < -0.39 is 0 Å². The molecule has 1 N–H and O–H groups in total. The van der Waals surface area contributed by atoms with Gasteiger partial charge in [-0.3, -0.25) is 0 Å². The summed E-state index contributed by atoms with van der Waals surface area (Å²) in [5.41, 5.74) is 1.50. The van der Waals surface area contributed by atoms with Crippen molar-refractivity contribution in [2.75, 3.05) is 6.54 Å². The number of hydrogen-bond acceptors (Lipinski definition) is 2. The predicted octanol–water partition coefficient (Wildman–Crippen LogP) is 3.70. The maximum Gasteiger partial charge on any atom is 0.00413 e. The van der Waals surface area contributed by atoms with E-state index in [-0.39, 0.29) is 0 Å². The summed E-state index contributed by atoms with van der Waals surface area (Å²) in [6.45, 7) is 8.00. The molecule has 2 heteroatoms. The van der Waals surface area contributed by atoms with Crippen molar-refractivity contribution in [2.24, 2.45) is 5.92 Å². The molecule has 86 valence electrons. The number of hydrogen-bond donors (Lipinski definition) is 1. The number of rotatable bonds is 7. The zero-order valence-electron chi connectivity index (χ0n) is 10.1. The van der Waals surface area contributed by atoms with Crippen LogP contribution < -0.4 is 5.32 Å². The summed E-state index contributed by atoms with van der Waals surface area (Å²) in [5.74, 6) is 0.777. The molecule has 0 amide bonds. The second-order valence-corrected chi connectivity index (χ2v) is 5.31. The van der Waals surface area contributed by atoms with Crippen LogP contribution in [-0.4, -0.2) is 12.6 Å². The molecule has 1 nitrogen and oxygen atoms in total. The van der Waals surface area contributed by atoms with Gasteiger partial charge in [-0.05, 0) is 61.0 Å². The van der Waals surface area contributed by atoms with Gasteiger partial charge >= 0.3 is 0 Å². The van der Waals surface area contributed by atoms with Crippen LogP contribution in [0.4, 0.5) is 0 Å². The molecule has 0 radical (unpaired) electrons. The van der Waals surface area contributed by atoms with Crippen LogP contribution in [0.3, 0.4) is 0 Å². The van der Waals surface area contributed by atoms with Crippen molar-refractivity contribution in [1.82, 2.24) is 5.32 Å². The van der Waals surface area contributed by atoms with Crippen molar-refractivity contribution < 1.29 is 0 Å². The lowest BCUT2D eigenvalue weighted by atomic mass is 9.96. The van der Waals surface area contributed by atoms with E-state index >= 15 is 0 Å². The molecule has 15 heavy (non-hydrogen) atoms. The first-order valence-corrected chi connectivity index (χ1v) is 6.91. The van der Waals surface area contributed by atoms with Crippen LogP contribution in [-0.2, 0) is 6.42 Å². The van der Waals surface area contributed by atoms with Gasteiger partial charge in [0.2, 0.25) is 0 Å². The van der Waals surface area contributed by atoms with Gasteiger partial charge in [-0.15, -0.1) is 0 Å². The monoisotopic (exact) mass is 225 g/mol. The molecule has 2 atom stereocenters. The Balaban J connectivity index is 2.20. The van der Waals surface area contributed by atoms with Crippen LogP contribution in [0, 0.1) is 5.92 Å². The van der Waals surface area contributed by atoms with Crippen LogP contribution in [0.2, 0.25) is 0 Å². The highest BCUT2D eigenvalue weighted by Gasteiger charge is 2.08. The average Bonchev–Trinajstić information content (AvgIpc) is 2.67. The average molecular weight is 225 g/mol. The van der Waals surface area contributed by atoms with Gasteiger partial charge in [0.05, 0.1) is 0 Å². The number of nitrogens with one attached hydrogen (secondary N) is 1. The molecular formula is C13H23NS. The van der Waals surface area contributed by atoms with E-state index in [4.69, 9.17) is 0 Å². The molecule has 0 aliphatic rings. The Kier molecular flexibility index (Phi) is 5.96. The Morgan fingerprint density at radius 1 is 1.40 bits per heavy atom. The van der Waals surface area contributed by atoms with Crippen LogP contribution >= 0.6 is 11.3 Å². The molecule has 1 heterocycles. The van der Waals surface area contributed by atoms with Gasteiger partial charge in [0, 0.05) is 6.04 Å². The van der Waals surface area contributed by atoms with Gasteiger partial charge in [0.15, 0.2) is 0 Å². The highest BCUT2D eigenvalue weighted by atomic mass is 32.1. The van der Waals surface area contributed by atoms with Gasteiger partial charge in [-0.1, -0.05) is 13.8 Å². The van der Waals surface area contributed by atoms with E-state index in [0.29, 0.717) is 6.04 Å². The van der Waals surface area contributed by atoms with Gasteiger partial charge in [0.25, 0.3) is 0 Å². The van der Waals surface area contributed by atoms with Crippen molar-refractivity contribution in [3.8, 4) is 0 Å². The van der Waals surface area contributed by atoms with Crippen molar-refractivity contribution >= 4 is 11.3 Å². The van der Waals surface area contributed by atoms with E-state index in [1.54, 1.807) is 11.3 Å². The van der Waals surface area contributed by atoms with E-state index in [9.17, 15) is 0 Å². The summed E-state index contributed by atoms with van der Waals surface area (Å²) in [7, 11) is 0. The fourth-order valence-electron chi connectivity index (χ4n) is 1.97. The summed E-state index contributed by atoms with van der Waals surface area (Å²) in [6.07, 6.45) is 3.72. The molecule has 0 saturated heterocycles. The summed E-state index contributed by atoms with van der Waals surface area (Å²) in [5, 5.41) is 7.98. The molecular weight excluding hydrogens is 202 g/mol. The molecule has 0 aromatic carbocycles. The first-order chi connectivity index (χ1) is 7.22. The van der Waals surface area contributed by atoms with Crippen molar-refractivity contribution in [3.63, 3.8) is 0 Å². The molecule has 1 aromatic heterocycles. The normalized spacial score (nSPS) is 15.1. The van der Waals surface area contributed by atoms with Crippen molar-refractivity contribution in [1.29, 1.82) is 0 Å². The summed E-state index contributed by atoms with van der Waals surface area (Å²) in [6, 6.07) is 2.89. The van der Waals surface area contributed by atoms with Crippen molar-refractivity contribution in [2.45, 2.75) is 46.1 Å². The summed E-state index contributed by atoms with van der Waals surface area (Å²) in [4.78, 5) is 0. The van der Waals surface area contributed by atoms with Gasteiger partial charge in [-0.2, -0.15) is 11.3 Å². The Morgan fingerprint density at radius 3 is 2.80 bits per heavy atom. The van der Waals surface area contributed by atoms with Crippen molar-refractivity contribution in [3.05, 3.63) is 22.4 Å². The van der Waals surface area contributed by atoms with Crippen LogP contribution in [0.15, 0.2) is 16.8 Å². The van der Waals surface area contributed by atoms with Crippen LogP contribution in [0.5, 0.6) is 0 Å². The molecule has 0 bridgehead atoms. The summed E-state index contributed by atoms with van der Waals surface area (Å²) >= 11 is 1.80. The molecule has 0 fully saturated rings. The molecule has 0 saturated carbocycles. The smallest absolute Gasteiger partial charge is 0.00413 e. The lowest BCUT2D eigenvalue weighted by Crippen LogP contribution is -2.28. The first-order valence-electron chi connectivity index (χ1n) is 5.96. The van der Waals surface area contributed by atoms with E-state index in [0.717, 1.165) is 12.5 Å². The van der Waals surface area contributed by atoms with E-state index in [2.05, 4.69) is 42.9 Å². The zero-order valence-corrected chi connectivity index (χ0v) is 10.9. The summed E-state index contributed by atoms with van der Waals surface area (Å²) < 4.78 is 0. The minimum absolute atomic E-state index is 0.651. The third-order valence-electron chi connectivity index (χ3n) is 2.66. The molecule has 0 aliphatic heterocycles. The fraction of sp³-hybridized carbons (Fsp3) is 0.692. The molecule has 1 rings (SSSR count).